The maximum atomic E-state index is 13.7. The smallest absolute Gasteiger partial charge is 0.187 e. The molecular weight excluding hydrogens is 700 g/mol. The number of fused-ring (bicyclic) bond motifs is 5. The van der Waals surface area contributed by atoms with Crippen LogP contribution in [0.1, 0.15) is 106 Å². The molecule has 6 aliphatic rings. The molecule has 2 aliphatic heterocycles. The van der Waals surface area contributed by atoms with Crippen LogP contribution in [0.5, 0.6) is 0 Å². The van der Waals surface area contributed by atoms with Crippen LogP contribution in [0.4, 0.5) is 0 Å². The van der Waals surface area contributed by atoms with Crippen LogP contribution in [0.15, 0.2) is 11.6 Å². The molecule has 54 heavy (non-hydrogen) atoms. The number of hydrogen-bond donors (Lipinski definition) is 8. The normalized spacial score (nSPS) is 51.3. The molecule has 0 amide bonds. The van der Waals surface area contributed by atoms with E-state index in [1.807, 2.05) is 6.92 Å². The van der Waals surface area contributed by atoms with Crippen LogP contribution in [0.25, 0.3) is 0 Å². The number of rotatable bonds is 10. The molecule has 0 unspecified atom stereocenters. The second-order valence-corrected chi connectivity index (χ2v) is 19.4. The van der Waals surface area contributed by atoms with Crippen molar-refractivity contribution in [2.24, 2.45) is 45.3 Å². The van der Waals surface area contributed by atoms with E-state index in [9.17, 15) is 45.6 Å². The van der Waals surface area contributed by atoms with Gasteiger partial charge in [-0.1, -0.05) is 39.3 Å². The maximum Gasteiger partial charge on any atom is 0.187 e. The van der Waals surface area contributed by atoms with Gasteiger partial charge in [-0.15, -0.1) is 0 Å². The van der Waals surface area contributed by atoms with Gasteiger partial charge in [0.05, 0.1) is 31.0 Å². The number of carbonyl (C=O) groups excluding carboxylic acids is 1. The highest BCUT2D eigenvalue weighted by Crippen LogP contribution is 2.75. The molecule has 0 radical (unpaired) electrons. The first-order valence-electron chi connectivity index (χ1n) is 20.3. The summed E-state index contributed by atoms with van der Waals surface area (Å²) in [7, 11) is 0. The summed E-state index contributed by atoms with van der Waals surface area (Å²) in [6, 6.07) is 0. The number of aldehydes is 1. The van der Waals surface area contributed by atoms with Crippen molar-refractivity contribution in [1.82, 2.24) is 0 Å². The molecule has 0 aromatic heterocycles. The van der Waals surface area contributed by atoms with Crippen molar-refractivity contribution in [2.45, 2.75) is 179 Å². The third-order valence-corrected chi connectivity index (χ3v) is 16.0. The quantitative estimate of drug-likeness (QED) is 0.0908. The van der Waals surface area contributed by atoms with Crippen molar-refractivity contribution in [1.29, 1.82) is 0 Å². The number of ether oxygens (including phenoxy) is 4. The van der Waals surface area contributed by atoms with Gasteiger partial charge in [0.25, 0.3) is 0 Å². The zero-order chi connectivity index (χ0) is 39.8. The molecule has 8 N–H and O–H groups in total. The number of hydrogen-bond acceptors (Lipinski definition) is 13. The van der Waals surface area contributed by atoms with E-state index in [0.29, 0.717) is 25.7 Å². The molecule has 310 valence electrons. The number of aliphatic hydroxyl groups excluding tert-OH is 7. The van der Waals surface area contributed by atoms with Crippen molar-refractivity contribution in [3.8, 4) is 0 Å². The molecule has 4 saturated carbocycles. The first kappa shape index (κ1) is 42.5. The molecule has 6 fully saturated rings. The monoisotopic (exact) mass is 768 g/mol. The Morgan fingerprint density at radius 1 is 0.833 bits per heavy atom. The lowest BCUT2D eigenvalue weighted by Gasteiger charge is -2.70. The lowest BCUT2D eigenvalue weighted by Crippen LogP contribution is -2.68. The van der Waals surface area contributed by atoms with Crippen LogP contribution in [0.3, 0.4) is 0 Å². The second-order valence-electron chi connectivity index (χ2n) is 19.4. The van der Waals surface area contributed by atoms with Crippen LogP contribution >= 0.6 is 0 Å². The summed E-state index contributed by atoms with van der Waals surface area (Å²) in [5.74, 6) is -0.328. The predicted octanol–water partition coefficient (Wildman–Crippen LogP) is 1.97. The third kappa shape index (κ3) is 6.77. The van der Waals surface area contributed by atoms with Gasteiger partial charge >= 0.3 is 0 Å². The van der Waals surface area contributed by atoms with E-state index in [-0.39, 0.29) is 41.1 Å². The molecule has 0 bridgehead atoms. The van der Waals surface area contributed by atoms with Crippen LogP contribution < -0.4 is 0 Å². The Bertz CT molecular complexity index is 1370. The van der Waals surface area contributed by atoms with Gasteiger partial charge in [0.1, 0.15) is 49.0 Å². The van der Waals surface area contributed by atoms with Crippen LogP contribution in [-0.2, 0) is 23.7 Å². The molecule has 6 rings (SSSR count). The number of allylic oxidation sites excluding steroid dienone is 2. The minimum atomic E-state index is -1.73. The minimum Gasteiger partial charge on any atom is -0.394 e. The maximum absolute atomic E-state index is 13.7. The van der Waals surface area contributed by atoms with Crippen molar-refractivity contribution in [3.05, 3.63) is 11.6 Å². The molecule has 4 aliphatic carbocycles. The first-order chi connectivity index (χ1) is 25.2. The highest BCUT2D eigenvalue weighted by molar-refractivity contribution is 5.62. The molecule has 0 aromatic rings. The van der Waals surface area contributed by atoms with Gasteiger partial charge in [-0.25, -0.2) is 0 Å². The Labute approximate surface area is 320 Å². The van der Waals surface area contributed by atoms with E-state index in [0.717, 1.165) is 32.1 Å². The van der Waals surface area contributed by atoms with Gasteiger partial charge in [0.2, 0.25) is 0 Å². The summed E-state index contributed by atoms with van der Waals surface area (Å²) in [4.78, 5) is 13.7. The van der Waals surface area contributed by atoms with Crippen molar-refractivity contribution < 1.29 is 64.6 Å². The Balaban J connectivity index is 1.23. The molecule has 13 heteroatoms. The van der Waals surface area contributed by atoms with Crippen molar-refractivity contribution >= 4 is 6.29 Å². The largest absolute Gasteiger partial charge is 0.394 e. The van der Waals surface area contributed by atoms with Gasteiger partial charge in [-0.3, -0.25) is 0 Å². The summed E-state index contributed by atoms with van der Waals surface area (Å²) in [5, 5.41) is 86.5. The molecule has 13 nitrogen and oxygen atoms in total. The Morgan fingerprint density at radius 2 is 1.52 bits per heavy atom. The van der Waals surface area contributed by atoms with Crippen LogP contribution in [0.2, 0.25) is 0 Å². The lowest BCUT2D eigenvalue weighted by molar-refractivity contribution is -0.367. The average Bonchev–Trinajstić information content (AvgIpc) is 3.50. The van der Waals surface area contributed by atoms with E-state index in [1.165, 1.54) is 11.9 Å². The highest BCUT2D eigenvalue weighted by Gasteiger charge is 2.72. The lowest BCUT2D eigenvalue weighted by atomic mass is 9.35. The van der Waals surface area contributed by atoms with E-state index in [1.54, 1.807) is 0 Å². The molecule has 2 heterocycles. The summed E-state index contributed by atoms with van der Waals surface area (Å²) in [6.07, 6.45) is -4.94. The van der Waals surface area contributed by atoms with Crippen LogP contribution in [0, 0.1) is 45.3 Å². The zero-order valence-electron chi connectivity index (χ0n) is 33.2. The van der Waals surface area contributed by atoms with Gasteiger partial charge in [0.15, 0.2) is 12.6 Å². The predicted molar refractivity (Wildman–Crippen MR) is 195 cm³/mol. The minimum absolute atomic E-state index is 0.0474. The van der Waals surface area contributed by atoms with Crippen molar-refractivity contribution in [2.75, 3.05) is 13.2 Å². The third-order valence-electron chi connectivity index (χ3n) is 16.0. The summed E-state index contributed by atoms with van der Waals surface area (Å²) in [5.41, 5.74) is -1.55. The highest BCUT2D eigenvalue weighted by atomic mass is 16.8. The fraction of sp³-hybridized carbons (Fsp3) is 0.927. The standard InChI is InChI=1S/C41H68O13/c1-21(2)9-8-13-40(7,50)22-10-14-39(6)29(22)23(44)17-27-38(39,5)15-11-26-37(3,4)28(12-16-41(26,27)20-43)53-36-34(30(46)24(45)19-51-36)54-35-33(49)32(48)31(47)25(18-42)52-35/h9,20,22-36,42,44-50H,8,10-19H2,1-7H3/t22-,23+,24-,25+,26+,27-,28+,29-,30-,31+,32-,33+,34+,35-,36+,38+,39+,40+,41-/m0/s1. The van der Waals surface area contributed by atoms with E-state index < -0.39 is 90.6 Å². The Hall–Kier alpha value is -1.07. The number of carbonyl (C=O) groups is 1. The molecule has 19 atom stereocenters. The van der Waals surface area contributed by atoms with Gasteiger partial charge in [-0.2, -0.15) is 0 Å². The fourth-order valence-corrected chi connectivity index (χ4v) is 12.8. The topological polar surface area (TPSA) is 216 Å². The Morgan fingerprint density at radius 3 is 2.17 bits per heavy atom. The zero-order valence-corrected chi connectivity index (χ0v) is 33.2. The molecule has 2 saturated heterocycles. The molecule has 0 spiro atoms. The Kier molecular flexibility index (Phi) is 12.0. The van der Waals surface area contributed by atoms with E-state index >= 15 is 0 Å². The number of aliphatic hydroxyl groups is 8. The SMILES string of the molecule is CC(C)=CCC[C@@](C)(O)[C@H]1CC[C@]2(C)[C@@H]1[C@H](O)C[C@@H]1[C@]3(C=O)CC[C@@H](O[C@H]4OC[C@H](O)[C@H](O)[C@H]4O[C@@H]4O[C@H](CO)[C@@H](O)[C@H](O)[C@H]4O)C(C)(C)[C@H]3CC[C@]12C. The summed E-state index contributed by atoms with van der Waals surface area (Å²) in [6.45, 7) is 13.9. The first-order valence-corrected chi connectivity index (χ1v) is 20.3. The summed E-state index contributed by atoms with van der Waals surface area (Å²) >= 11 is 0. The van der Waals surface area contributed by atoms with Crippen LogP contribution in [-0.4, -0.2) is 133 Å². The van der Waals surface area contributed by atoms with E-state index in [2.05, 4.69) is 47.6 Å². The average molecular weight is 769 g/mol. The van der Waals surface area contributed by atoms with Gasteiger partial charge < -0.3 is 64.6 Å². The fourth-order valence-electron chi connectivity index (χ4n) is 12.8. The summed E-state index contributed by atoms with van der Waals surface area (Å²) < 4.78 is 24.0. The van der Waals surface area contributed by atoms with Gasteiger partial charge in [0, 0.05) is 5.41 Å². The van der Waals surface area contributed by atoms with Gasteiger partial charge in [-0.05, 0) is 118 Å². The second kappa shape index (κ2) is 15.3. The molecular formula is C41H68O13. The van der Waals surface area contributed by atoms with E-state index in [4.69, 9.17) is 18.9 Å². The van der Waals surface area contributed by atoms with Crippen molar-refractivity contribution in [3.63, 3.8) is 0 Å². The molecule has 0 aromatic carbocycles.